The third-order valence-corrected chi connectivity index (χ3v) is 4.66. The SMILES string of the molecule is O=C(N/N=C\c1ccc(N2CCCC2)cc1)c1ccc(Cl)c(Cl)c1. The van der Waals surface area contributed by atoms with Gasteiger partial charge < -0.3 is 4.90 Å². The van der Waals surface area contributed by atoms with E-state index in [1.807, 2.05) is 12.1 Å². The van der Waals surface area contributed by atoms with Gasteiger partial charge in [0.2, 0.25) is 0 Å². The Morgan fingerprint density at radius 2 is 1.75 bits per heavy atom. The maximum Gasteiger partial charge on any atom is 0.271 e. The van der Waals surface area contributed by atoms with E-state index in [4.69, 9.17) is 23.2 Å². The van der Waals surface area contributed by atoms with E-state index in [9.17, 15) is 4.79 Å². The lowest BCUT2D eigenvalue weighted by molar-refractivity contribution is 0.0955. The third-order valence-electron chi connectivity index (χ3n) is 3.93. The predicted molar refractivity (Wildman–Crippen MR) is 99.4 cm³/mol. The standard InChI is InChI=1S/C18H17Cl2N3O/c19-16-8-5-14(11-17(16)20)18(24)22-21-12-13-3-6-15(7-4-13)23-9-1-2-10-23/h3-8,11-12H,1-2,9-10H2,(H,22,24)/b21-12-. The molecule has 2 aromatic carbocycles. The first-order chi connectivity index (χ1) is 11.6. The zero-order chi connectivity index (χ0) is 16.9. The Balaban J connectivity index is 1.59. The van der Waals surface area contributed by atoms with Gasteiger partial charge in [-0.05, 0) is 48.7 Å². The van der Waals surface area contributed by atoms with Crippen molar-refractivity contribution in [3.8, 4) is 0 Å². The summed E-state index contributed by atoms with van der Waals surface area (Å²) >= 11 is 11.7. The summed E-state index contributed by atoms with van der Waals surface area (Å²) in [6, 6.07) is 12.8. The first-order valence-corrected chi connectivity index (χ1v) is 8.52. The second-order valence-electron chi connectivity index (χ2n) is 5.61. The Labute approximate surface area is 151 Å². The molecule has 1 N–H and O–H groups in total. The van der Waals surface area contributed by atoms with Crippen molar-refractivity contribution in [2.24, 2.45) is 5.10 Å². The lowest BCUT2D eigenvalue weighted by Gasteiger charge is -2.17. The van der Waals surface area contributed by atoms with Crippen LogP contribution in [0.15, 0.2) is 47.6 Å². The number of anilines is 1. The normalized spacial score (nSPS) is 14.3. The van der Waals surface area contributed by atoms with Gasteiger partial charge >= 0.3 is 0 Å². The number of carbonyl (C=O) groups is 1. The average molecular weight is 362 g/mol. The van der Waals surface area contributed by atoms with Gasteiger partial charge in [0.1, 0.15) is 0 Å². The van der Waals surface area contributed by atoms with Crippen molar-refractivity contribution in [1.82, 2.24) is 5.43 Å². The van der Waals surface area contributed by atoms with Crippen molar-refractivity contribution in [3.05, 3.63) is 63.6 Å². The summed E-state index contributed by atoms with van der Waals surface area (Å²) in [7, 11) is 0. The van der Waals surface area contributed by atoms with Crippen LogP contribution >= 0.6 is 23.2 Å². The third kappa shape index (κ3) is 4.08. The highest BCUT2D eigenvalue weighted by Gasteiger charge is 2.11. The number of benzene rings is 2. The molecule has 0 atom stereocenters. The number of amides is 1. The lowest BCUT2D eigenvalue weighted by atomic mass is 10.2. The molecule has 24 heavy (non-hydrogen) atoms. The summed E-state index contributed by atoms with van der Waals surface area (Å²) in [4.78, 5) is 14.4. The van der Waals surface area contributed by atoms with Gasteiger partial charge in [0, 0.05) is 24.3 Å². The fourth-order valence-electron chi connectivity index (χ4n) is 2.61. The van der Waals surface area contributed by atoms with Gasteiger partial charge in [-0.1, -0.05) is 35.3 Å². The summed E-state index contributed by atoms with van der Waals surface area (Å²) in [5.74, 6) is -0.335. The molecule has 0 aliphatic carbocycles. The molecule has 6 heteroatoms. The number of nitrogens with zero attached hydrogens (tertiary/aromatic N) is 2. The van der Waals surface area contributed by atoms with Gasteiger partial charge in [0.25, 0.3) is 5.91 Å². The molecule has 1 aliphatic heterocycles. The van der Waals surface area contributed by atoms with E-state index in [1.165, 1.54) is 24.6 Å². The van der Waals surface area contributed by atoms with Crippen LogP contribution in [0.1, 0.15) is 28.8 Å². The fourth-order valence-corrected chi connectivity index (χ4v) is 2.91. The average Bonchev–Trinajstić information content (AvgIpc) is 3.12. The monoisotopic (exact) mass is 361 g/mol. The largest absolute Gasteiger partial charge is 0.372 e. The number of rotatable bonds is 4. The van der Waals surface area contributed by atoms with Crippen LogP contribution in [0.3, 0.4) is 0 Å². The number of carbonyl (C=O) groups excluding carboxylic acids is 1. The molecule has 2 aromatic rings. The zero-order valence-corrected chi connectivity index (χ0v) is 14.5. The summed E-state index contributed by atoms with van der Waals surface area (Å²) < 4.78 is 0. The van der Waals surface area contributed by atoms with Crippen LogP contribution in [0.4, 0.5) is 5.69 Å². The molecule has 0 spiro atoms. The minimum atomic E-state index is -0.335. The van der Waals surface area contributed by atoms with Gasteiger partial charge in [-0.3, -0.25) is 4.79 Å². The Morgan fingerprint density at radius 1 is 1.04 bits per heavy atom. The van der Waals surface area contributed by atoms with Crippen LogP contribution in [0.2, 0.25) is 10.0 Å². The van der Waals surface area contributed by atoms with Crippen LogP contribution in [-0.2, 0) is 0 Å². The minimum absolute atomic E-state index is 0.335. The molecule has 0 saturated carbocycles. The highest BCUT2D eigenvalue weighted by molar-refractivity contribution is 6.42. The van der Waals surface area contributed by atoms with Crippen molar-refractivity contribution in [2.75, 3.05) is 18.0 Å². The zero-order valence-electron chi connectivity index (χ0n) is 13.0. The van der Waals surface area contributed by atoms with Crippen LogP contribution in [-0.4, -0.2) is 25.2 Å². The van der Waals surface area contributed by atoms with E-state index in [2.05, 4.69) is 27.6 Å². The summed E-state index contributed by atoms with van der Waals surface area (Å²) in [6.45, 7) is 2.24. The molecule has 0 unspecified atom stereocenters. The van der Waals surface area contributed by atoms with E-state index >= 15 is 0 Å². The van der Waals surface area contributed by atoms with E-state index in [-0.39, 0.29) is 5.91 Å². The van der Waals surface area contributed by atoms with Crippen molar-refractivity contribution in [1.29, 1.82) is 0 Å². The van der Waals surface area contributed by atoms with Crippen molar-refractivity contribution >= 4 is 41.0 Å². The van der Waals surface area contributed by atoms with Crippen LogP contribution in [0.5, 0.6) is 0 Å². The molecule has 1 heterocycles. The summed E-state index contributed by atoms with van der Waals surface area (Å²) in [5, 5.41) is 4.73. The highest BCUT2D eigenvalue weighted by Crippen LogP contribution is 2.22. The molecule has 4 nitrogen and oxygen atoms in total. The van der Waals surface area contributed by atoms with Crippen LogP contribution in [0, 0.1) is 0 Å². The molecular formula is C18H17Cl2N3O. The second kappa shape index (κ2) is 7.69. The van der Waals surface area contributed by atoms with Gasteiger partial charge in [-0.15, -0.1) is 0 Å². The molecule has 124 valence electrons. The first kappa shape index (κ1) is 16.8. The Bertz CT molecular complexity index is 753. The maximum absolute atomic E-state index is 12.0. The number of hydrogen-bond donors (Lipinski definition) is 1. The number of hydrogen-bond acceptors (Lipinski definition) is 3. The number of halogens is 2. The van der Waals surface area contributed by atoms with Crippen molar-refractivity contribution < 1.29 is 4.79 Å². The summed E-state index contributed by atoms with van der Waals surface area (Å²) in [5.41, 5.74) is 5.04. The molecule has 1 saturated heterocycles. The molecular weight excluding hydrogens is 345 g/mol. The number of nitrogens with one attached hydrogen (secondary N) is 1. The second-order valence-corrected chi connectivity index (χ2v) is 6.43. The van der Waals surface area contributed by atoms with Gasteiger partial charge in [-0.2, -0.15) is 5.10 Å². The molecule has 1 aliphatic rings. The van der Waals surface area contributed by atoms with E-state index in [0.29, 0.717) is 15.6 Å². The Hall–Kier alpha value is -2.04. The fraction of sp³-hybridized carbons (Fsp3) is 0.222. The topological polar surface area (TPSA) is 44.7 Å². The molecule has 3 rings (SSSR count). The Morgan fingerprint density at radius 3 is 2.42 bits per heavy atom. The molecule has 1 amide bonds. The van der Waals surface area contributed by atoms with Crippen LogP contribution < -0.4 is 10.3 Å². The molecule has 1 fully saturated rings. The number of hydrazone groups is 1. The van der Waals surface area contributed by atoms with Gasteiger partial charge in [0.15, 0.2) is 0 Å². The van der Waals surface area contributed by atoms with Gasteiger partial charge in [-0.25, -0.2) is 5.43 Å². The van der Waals surface area contributed by atoms with Crippen molar-refractivity contribution in [2.45, 2.75) is 12.8 Å². The van der Waals surface area contributed by atoms with E-state index in [0.717, 1.165) is 18.7 Å². The first-order valence-electron chi connectivity index (χ1n) is 7.77. The van der Waals surface area contributed by atoms with E-state index < -0.39 is 0 Å². The molecule has 0 aromatic heterocycles. The van der Waals surface area contributed by atoms with E-state index in [1.54, 1.807) is 18.3 Å². The van der Waals surface area contributed by atoms with Gasteiger partial charge in [0.05, 0.1) is 16.3 Å². The minimum Gasteiger partial charge on any atom is -0.372 e. The smallest absolute Gasteiger partial charge is 0.271 e. The summed E-state index contributed by atoms with van der Waals surface area (Å²) in [6.07, 6.45) is 4.12. The molecule has 0 radical (unpaired) electrons. The quantitative estimate of drug-likeness (QED) is 0.649. The Kier molecular flexibility index (Phi) is 5.38. The van der Waals surface area contributed by atoms with Crippen LogP contribution in [0.25, 0.3) is 0 Å². The maximum atomic E-state index is 12.0. The van der Waals surface area contributed by atoms with Crippen molar-refractivity contribution in [3.63, 3.8) is 0 Å². The predicted octanol–water partition coefficient (Wildman–Crippen LogP) is 4.36. The lowest BCUT2D eigenvalue weighted by Crippen LogP contribution is -2.18. The molecule has 0 bridgehead atoms. The highest BCUT2D eigenvalue weighted by atomic mass is 35.5.